The SMILES string of the molecule is Cc1ccsc1CN(C)C(=O)CCCc1nc(-c2cccs2)no1. The van der Waals surface area contributed by atoms with Crippen LogP contribution in [-0.4, -0.2) is 28.0 Å². The number of aromatic nitrogens is 2. The van der Waals surface area contributed by atoms with Gasteiger partial charge in [0.05, 0.1) is 11.4 Å². The maximum absolute atomic E-state index is 12.2. The summed E-state index contributed by atoms with van der Waals surface area (Å²) in [7, 11) is 1.85. The van der Waals surface area contributed by atoms with Crippen molar-refractivity contribution in [2.45, 2.75) is 32.7 Å². The first-order valence-corrected chi connectivity index (χ1v) is 9.53. The Morgan fingerprint density at radius 2 is 2.17 bits per heavy atom. The number of hydrogen-bond acceptors (Lipinski definition) is 6. The molecular weight excluding hydrogens is 342 g/mol. The molecular formula is C17H19N3O2S2. The maximum Gasteiger partial charge on any atom is 0.226 e. The van der Waals surface area contributed by atoms with Crippen molar-refractivity contribution in [3.05, 3.63) is 45.3 Å². The second-order valence-electron chi connectivity index (χ2n) is 5.62. The molecule has 3 aromatic heterocycles. The van der Waals surface area contributed by atoms with Gasteiger partial charge in [-0.05, 0) is 41.8 Å². The number of amides is 1. The predicted molar refractivity (Wildman–Crippen MR) is 96.1 cm³/mol. The lowest BCUT2D eigenvalue weighted by Gasteiger charge is -2.16. The summed E-state index contributed by atoms with van der Waals surface area (Å²) in [6.07, 6.45) is 1.81. The second kappa shape index (κ2) is 7.72. The molecule has 0 aliphatic rings. The molecule has 126 valence electrons. The largest absolute Gasteiger partial charge is 0.341 e. The molecule has 0 N–H and O–H groups in total. The quantitative estimate of drug-likeness (QED) is 0.634. The number of carbonyl (C=O) groups excluding carboxylic acids is 1. The molecule has 1 amide bonds. The van der Waals surface area contributed by atoms with Crippen LogP contribution >= 0.6 is 22.7 Å². The standard InChI is InChI=1S/C17H19N3O2S2/c1-12-8-10-24-14(12)11-20(2)16(21)7-3-6-15-18-17(19-22-15)13-5-4-9-23-13/h4-5,8-10H,3,6-7,11H2,1-2H3. The molecule has 0 spiro atoms. The molecule has 0 bridgehead atoms. The van der Waals surface area contributed by atoms with Crippen LogP contribution < -0.4 is 0 Å². The highest BCUT2D eigenvalue weighted by molar-refractivity contribution is 7.13. The Morgan fingerprint density at radius 1 is 1.29 bits per heavy atom. The van der Waals surface area contributed by atoms with Gasteiger partial charge in [-0.15, -0.1) is 22.7 Å². The molecule has 5 nitrogen and oxygen atoms in total. The fourth-order valence-corrected chi connectivity index (χ4v) is 3.92. The third-order valence-electron chi connectivity index (χ3n) is 3.77. The van der Waals surface area contributed by atoms with Gasteiger partial charge in [0.2, 0.25) is 17.6 Å². The van der Waals surface area contributed by atoms with Crippen molar-refractivity contribution in [2.75, 3.05) is 7.05 Å². The van der Waals surface area contributed by atoms with E-state index >= 15 is 0 Å². The summed E-state index contributed by atoms with van der Waals surface area (Å²) in [5.41, 5.74) is 1.24. The maximum atomic E-state index is 12.2. The smallest absolute Gasteiger partial charge is 0.226 e. The van der Waals surface area contributed by atoms with E-state index in [0.29, 0.717) is 37.5 Å². The topological polar surface area (TPSA) is 59.2 Å². The third-order valence-corrected chi connectivity index (χ3v) is 5.64. The zero-order valence-electron chi connectivity index (χ0n) is 13.7. The van der Waals surface area contributed by atoms with E-state index in [2.05, 4.69) is 28.5 Å². The summed E-state index contributed by atoms with van der Waals surface area (Å²) < 4.78 is 5.25. The number of nitrogens with zero attached hydrogens (tertiary/aromatic N) is 3. The Kier molecular flexibility index (Phi) is 5.42. The Labute approximate surface area is 148 Å². The van der Waals surface area contributed by atoms with Gasteiger partial charge in [0.15, 0.2) is 0 Å². The van der Waals surface area contributed by atoms with Gasteiger partial charge in [-0.1, -0.05) is 11.2 Å². The summed E-state index contributed by atoms with van der Waals surface area (Å²) >= 11 is 3.27. The summed E-state index contributed by atoms with van der Waals surface area (Å²) in [5, 5.41) is 8.02. The zero-order valence-corrected chi connectivity index (χ0v) is 15.3. The fourth-order valence-electron chi connectivity index (χ4n) is 2.31. The lowest BCUT2D eigenvalue weighted by Crippen LogP contribution is -2.25. The Balaban J connectivity index is 1.46. The normalized spacial score (nSPS) is 10.9. The van der Waals surface area contributed by atoms with E-state index < -0.39 is 0 Å². The van der Waals surface area contributed by atoms with Gasteiger partial charge in [0.25, 0.3) is 0 Å². The van der Waals surface area contributed by atoms with E-state index in [0.717, 1.165) is 4.88 Å². The average molecular weight is 361 g/mol. The van der Waals surface area contributed by atoms with Crippen LogP contribution in [0.25, 0.3) is 10.7 Å². The van der Waals surface area contributed by atoms with Crippen molar-refractivity contribution in [1.82, 2.24) is 15.0 Å². The van der Waals surface area contributed by atoms with Gasteiger partial charge in [0, 0.05) is 24.8 Å². The first-order chi connectivity index (χ1) is 11.6. The van der Waals surface area contributed by atoms with E-state index in [1.807, 2.05) is 24.6 Å². The molecule has 24 heavy (non-hydrogen) atoms. The van der Waals surface area contributed by atoms with Crippen molar-refractivity contribution >= 4 is 28.6 Å². The lowest BCUT2D eigenvalue weighted by atomic mass is 10.2. The highest BCUT2D eigenvalue weighted by Crippen LogP contribution is 2.22. The summed E-state index contributed by atoms with van der Waals surface area (Å²) in [6.45, 7) is 2.75. The van der Waals surface area contributed by atoms with Crippen LogP contribution in [0.3, 0.4) is 0 Å². The van der Waals surface area contributed by atoms with Gasteiger partial charge >= 0.3 is 0 Å². The van der Waals surface area contributed by atoms with Crippen LogP contribution in [-0.2, 0) is 17.8 Å². The van der Waals surface area contributed by atoms with Crippen LogP contribution in [0.5, 0.6) is 0 Å². The summed E-state index contributed by atoms with van der Waals surface area (Å²) in [5.74, 6) is 1.35. The minimum absolute atomic E-state index is 0.140. The Morgan fingerprint density at radius 3 is 2.88 bits per heavy atom. The van der Waals surface area contributed by atoms with Gasteiger partial charge < -0.3 is 9.42 Å². The number of thiophene rings is 2. The molecule has 0 radical (unpaired) electrons. The number of aryl methyl sites for hydroxylation is 2. The molecule has 0 saturated carbocycles. The molecule has 3 aromatic rings. The number of rotatable bonds is 7. The Bertz CT molecular complexity index is 792. The Hall–Kier alpha value is -1.99. The predicted octanol–water partition coefficient (Wildman–Crippen LogP) is 4.15. The summed E-state index contributed by atoms with van der Waals surface area (Å²) in [6, 6.07) is 6.00. The van der Waals surface area contributed by atoms with Crippen molar-refractivity contribution < 1.29 is 9.32 Å². The van der Waals surface area contributed by atoms with Crippen LogP contribution in [0.15, 0.2) is 33.5 Å². The van der Waals surface area contributed by atoms with Crippen LogP contribution in [0.1, 0.15) is 29.2 Å². The third kappa shape index (κ3) is 4.10. The number of carbonyl (C=O) groups is 1. The van der Waals surface area contributed by atoms with Crippen molar-refractivity contribution in [2.24, 2.45) is 0 Å². The molecule has 0 fully saturated rings. The van der Waals surface area contributed by atoms with Crippen molar-refractivity contribution in [3.63, 3.8) is 0 Å². The van der Waals surface area contributed by atoms with Gasteiger partial charge in [0.1, 0.15) is 0 Å². The van der Waals surface area contributed by atoms with Gasteiger partial charge in [-0.2, -0.15) is 4.98 Å². The van der Waals surface area contributed by atoms with Crippen molar-refractivity contribution in [3.8, 4) is 10.7 Å². The first kappa shape index (κ1) is 16.9. The molecule has 3 rings (SSSR count). The minimum Gasteiger partial charge on any atom is -0.341 e. The van der Waals surface area contributed by atoms with Gasteiger partial charge in [-0.3, -0.25) is 4.79 Å². The molecule has 0 saturated heterocycles. The molecule has 0 unspecified atom stereocenters. The number of hydrogen-bond donors (Lipinski definition) is 0. The molecule has 0 aliphatic heterocycles. The van der Waals surface area contributed by atoms with Crippen LogP contribution in [0.4, 0.5) is 0 Å². The van der Waals surface area contributed by atoms with E-state index in [9.17, 15) is 4.79 Å². The van der Waals surface area contributed by atoms with Gasteiger partial charge in [-0.25, -0.2) is 0 Å². The van der Waals surface area contributed by atoms with E-state index in [1.165, 1.54) is 10.4 Å². The average Bonchev–Trinajstić information content (AvgIpc) is 3.29. The van der Waals surface area contributed by atoms with Crippen LogP contribution in [0, 0.1) is 6.92 Å². The molecule has 0 aliphatic carbocycles. The second-order valence-corrected chi connectivity index (χ2v) is 7.57. The van der Waals surface area contributed by atoms with Crippen LogP contribution in [0.2, 0.25) is 0 Å². The fraction of sp³-hybridized carbons (Fsp3) is 0.353. The van der Waals surface area contributed by atoms with E-state index in [-0.39, 0.29) is 5.91 Å². The molecule has 3 heterocycles. The lowest BCUT2D eigenvalue weighted by molar-refractivity contribution is -0.130. The first-order valence-electron chi connectivity index (χ1n) is 7.77. The van der Waals surface area contributed by atoms with Crippen molar-refractivity contribution in [1.29, 1.82) is 0 Å². The summed E-state index contributed by atoms with van der Waals surface area (Å²) in [4.78, 5) is 20.6. The highest BCUT2D eigenvalue weighted by atomic mass is 32.1. The zero-order chi connectivity index (χ0) is 16.9. The minimum atomic E-state index is 0.140. The van der Waals surface area contributed by atoms with E-state index in [4.69, 9.17) is 4.52 Å². The van der Waals surface area contributed by atoms with E-state index in [1.54, 1.807) is 27.6 Å². The highest BCUT2D eigenvalue weighted by Gasteiger charge is 2.13. The molecule has 7 heteroatoms. The monoisotopic (exact) mass is 361 g/mol. The molecule has 0 aromatic carbocycles. The molecule has 0 atom stereocenters.